The van der Waals surface area contributed by atoms with E-state index in [2.05, 4.69) is 4.90 Å². The number of aryl methyl sites for hydroxylation is 1. The van der Waals surface area contributed by atoms with Crippen LogP contribution in [0.5, 0.6) is 0 Å². The van der Waals surface area contributed by atoms with Gasteiger partial charge in [0, 0.05) is 18.7 Å². The van der Waals surface area contributed by atoms with Gasteiger partial charge in [-0.1, -0.05) is 48.2 Å². The Bertz CT molecular complexity index is 906. The number of hydrogen-bond donors (Lipinski definition) is 2. The van der Waals surface area contributed by atoms with Crippen molar-refractivity contribution in [2.45, 2.75) is 52.1 Å². The number of halogens is 2. The molecule has 30 heavy (non-hydrogen) atoms. The third-order valence-corrected chi connectivity index (χ3v) is 7.98. The number of benzene rings is 1. The first-order valence-electron chi connectivity index (χ1n) is 10.9. The molecule has 0 atom stereocenters. The van der Waals surface area contributed by atoms with Gasteiger partial charge in [0.15, 0.2) is 5.82 Å². The maximum Gasteiger partial charge on any atom is 0.153 e. The predicted molar refractivity (Wildman–Crippen MR) is 123 cm³/mol. The van der Waals surface area contributed by atoms with Gasteiger partial charge in [-0.2, -0.15) is 0 Å². The zero-order valence-corrected chi connectivity index (χ0v) is 19.0. The molecule has 5 nitrogen and oxygen atoms in total. The average Bonchev–Trinajstić information content (AvgIpc) is 3.31. The summed E-state index contributed by atoms with van der Waals surface area (Å²) in [5, 5.41) is 11.0. The van der Waals surface area contributed by atoms with Crippen LogP contribution in [0.15, 0.2) is 18.2 Å². The second kappa shape index (κ2) is 8.99. The van der Waals surface area contributed by atoms with E-state index in [9.17, 15) is 5.11 Å². The molecule has 4 rings (SSSR count). The van der Waals surface area contributed by atoms with E-state index in [4.69, 9.17) is 38.9 Å². The van der Waals surface area contributed by atoms with Crippen LogP contribution < -0.4 is 10.6 Å². The summed E-state index contributed by atoms with van der Waals surface area (Å²) in [5.41, 5.74) is 9.28. The second-order valence-electron chi connectivity index (χ2n) is 8.72. The SMILES string of the molecule is Cc1nc(N2CCC(CN)(C3CCCC3)CC2)c(CO)nc1-c1cccc(Cl)c1Cl. The van der Waals surface area contributed by atoms with Gasteiger partial charge in [0.25, 0.3) is 0 Å². The van der Waals surface area contributed by atoms with E-state index in [1.54, 1.807) is 6.07 Å². The summed E-state index contributed by atoms with van der Waals surface area (Å²) in [5.74, 6) is 1.52. The maximum atomic E-state index is 10.0. The molecule has 0 spiro atoms. The fraction of sp³-hybridized carbons (Fsp3) is 0.565. The average molecular weight is 449 g/mol. The van der Waals surface area contributed by atoms with Crippen LogP contribution in [0.1, 0.15) is 49.9 Å². The lowest BCUT2D eigenvalue weighted by atomic mass is 9.68. The Balaban J connectivity index is 1.61. The molecule has 3 N–H and O–H groups in total. The van der Waals surface area contributed by atoms with Crippen molar-refractivity contribution in [3.63, 3.8) is 0 Å². The third-order valence-electron chi connectivity index (χ3n) is 7.16. The number of hydrogen-bond acceptors (Lipinski definition) is 5. The summed E-state index contributed by atoms with van der Waals surface area (Å²) >= 11 is 12.6. The van der Waals surface area contributed by atoms with Crippen LogP contribution >= 0.6 is 23.2 Å². The van der Waals surface area contributed by atoms with Gasteiger partial charge in [0.2, 0.25) is 0 Å². The number of anilines is 1. The van der Waals surface area contributed by atoms with Gasteiger partial charge in [0.1, 0.15) is 5.69 Å². The molecule has 0 unspecified atom stereocenters. The fourth-order valence-corrected chi connectivity index (χ4v) is 5.71. The Morgan fingerprint density at radius 3 is 2.50 bits per heavy atom. The molecule has 1 saturated heterocycles. The van der Waals surface area contributed by atoms with Crippen molar-refractivity contribution in [3.05, 3.63) is 39.6 Å². The summed E-state index contributed by atoms with van der Waals surface area (Å²) in [6, 6.07) is 5.47. The van der Waals surface area contributed by atoms with Crippen molar-refractivity contribution in [2.24, 2.45) is 17.1 Å². The van der Waals surface area contributed by atoms with Crippen LogP contribution in [0, 0.1) is 18.3 Å². The van der Waals surface area contributed by atoms with Gasteiger partial charge < -0.3 is 15.7 Å². The minimum Gasteiger partial charge on any atom is -0.390 e. The topological polar surface area (TPSA) is 75.3 Å². The molecule has 1 aliphatic carbocycles. The first-order valence-corrected chi connectivity index (χ1v) is 11.6. The van der Waals surface area contributed by atoms with E-state index in [0.717, 1.165) is 55.5 Å². The van der Waals surface area contributed by atoms with Gasteiger partial charge in [-0.25, -0.2) is 9.97 Å². The molecule has 1 aromatic carbocycles. The molecule has 2 fully saturated rings. The van der Waals surface area contributed by atoms with Crippen LogP contribution in [-0.2, 0) is 6.61 Å². The fourth-order valence-electron chi connectivity index (χ4n) is 5.32. The Labute approximate surface area is 188 Å². The Morgan fingerprint density at radius 2 is 1.87 bits per heavy atom. The van der Waals surface area contributed by atoms with Gasteiger partial charge >= 0.3 is 0 Å². The summed E-state index contributed by atoms with van der Waals surface area (Å²) in [6.45, 7) is 4.30. The van der Waals surface area contributed by atoms with Gasteiger partial charge in [0.05, 0.1) is 28.0 Å². The van der Waals surface area contributed by atoms with Crippen molar-refractivity contribution < 1.29 is 5.11 Å². The van der Waals surface area contributed by atoms with Crippen LogP contribution in [-0.4, -0.2) is 34.7 Å². The second-order valence-corrected chi connectivity index (χ2v) is 9.51. The molecule has 2 aromatic rings. The third kappa shape index (κ3) is 3.93. The highest BCUT2D eigenvalue weighted by atomic mass is 35.5. The molecule has 0 amide bonds. The summed E-state index contributed by atoms with van der Waals surface area (Å²) in [7, 11) is 0. The molecular weight excluding hydrogens is 419 g/mol. The zero-order chi connectivity index (χ0) is 21.3. The van der Waals surface area contributed by atoms with E-state index in [-0.39, 0.29) is 12.0 Å². The van der Waals surface area contributed by atoms with E-state index in [1.807, 2.05) is 19.1 Å². The molecule has 162 valence electrons. The molecule has 7 heteroatoms. The van der Waals surface area contributed by atoms with Crippen LogP contribution in [0.25, 0.3) is 11.3 Å². The molecule has 1 saturated carbocycles. The van der Waals surface area contributed by atoms with Crippen molar-refractivity contribution >= 4 is 29.0 Å². The molecule has 1 aromatic heterocycles. The van der Waals surface area contributed by atoms with E-state index in [1.165, 1.54) is 25.7 Å². The van der Waals surface area contributed by atoms with Crippen molar-refractivity contribution in [3.8, 4) is 11.3 Å². The molecule has 0 radical (unpaired) electrons. The number of aliphatic hydroxyl groups excluding tert-OH is 1. The van der Waals surface area contributed by atoms with Crippen LogP contribution in [0.3, 0.4) is 0 Å². The standard InChI is InChI=1S/C23H30Cl2N4O/c1-15-21(17-7-4-8-18(24)20(17)25)28-19(13-30)22(27-15)29-11-9-23(14-26,10-12-29)16-5-2-3-6-16/h4,7-8,16,30H,2-3,5-6,9-14,26H2,1H3. The number of aromatic nitrogens is 2. The highest BCUT2D eigenvalue weighted by Crippen LogP contribution is 2.46. The lowest BCUT2D eigenvalue weighted by Gasteiger charge is -2.45. The lowest BCUT2D eigenvalue weighted by molar-refractivity contribution is 0.128. The molecular formula is C23H30Cl2N4O. The van der Waals surface area contributed by atoms with E-state index in [0.29, 0.717) is 21.4 Å². The quantitative estimate of drug-likeness (QED) is 0.673. The maximum absolute atomic E-state index is 10.0. The molecule has 2 heterocycles. The first-order chi connectivity index (χ1) is 14.5. The highest BCUT2D eigenvalue weighted by Gasteiger charge is 2.41. The van der Waals surface area contributed by atoms with Gasteiger partial charge in [-0.15, -0.1) is 0 Å². The van der Waals surface area contributed by atoms with Crippen molar-refractivity contribution in [1.29, 1.82) is 0 Å². The zero-order valence-electron chi connectivity index (χ0n) is 17.5. The van der Waals surface area contributed by atoms with Crippen LogP contribution in [0.4, 0.5) is 5.82 Å². The number of piperidine rings is 1. The first kappa shape index (κ1) is 21.8. The van der Waals surface area contributed by atoms with E-state index < -0.39 is 0 Å². The van der Waals surface area contributed by atoms with Crippen molar-refractivity contribution in [1.82, 2.24) is 9.97 Å². The van der Waals surface area contributed by atoms with Crippen LogP contribution in [0.2, 0.25) is 10.0 Å². The molecule has 0 bridgehead atoms. The number of nitrogens with zero attached hydrogens (tertiary/aromatic N) is 3. The highest BCUT2D eigenvalue weighted by molar-refractivity contribution is 6.43. The van der Waals surface area contributed by atoms with Gasteiger partial charge in [-0.3, -0.25) is 0 Å². The van der Waals surface area contributed by atoms with E-state index >= 15 is 0 Å². The predicted octanol–water partition coefficient (Wildman–Crippen LogP) is 4.99. The molecule has 1 aliphatic heterocycles. The normalized spacial score (nSPS) is 19.4. The number of nitrogens with two attached hydrogens (primary N) is 1. The Morgan fingerprint density at radius 1 is 1.17 bits per heavy atom. The Hall–Kier alpha value is -1.40. The summed E-state index contributed by atoms with van der Waals surface area (Å²) in [4.78, 5) is 11.9. The lowest BCUT2D eigenvalue weighted by Crippen LogP contribution is -2.48. The smallest absolute Gasteiger partial charge is 0.153 e. The minimum absolute atomic E-state index is 0.172. The van der Waals surface area contributed by atoms with Crippen molar-refractivity contribution in [2.75, 3.05) is 24.5 Å². The minimum atomic E-state index is -0.172. The number of aliphatic hydroxyl groups is 1. The monoisotopic (exact) mass is 448 g/mol. The Kier molecular flexibility index (Phi) is 6.54. The molecule has 2 aliphatic rings. The summed E-state index contributed by atoms with van der Waals surface area (Å²) < 4.78 is 0. The largest absolute Gasteiger partial charge is 0.390 e. The van der Waals surface area contributed by atoms with Gasteiger partial charge in [-0.05, 0) is 56.6 Å². The number of rotatable bonds is 5. The summed E-state index contributed by atoms with van der Waals surface area (Å²) in [6.07, 6.45) is 7.44.